The molecule has 2 aromatic carbocycles. The third-order valence-corrected chi connectivity index (χ3v) is 6.00. The average Bonchev–Trinajstić information content (AvgIpc) is 3.12. The van der Waals surface area contributed by atoms with Crippen LogP contribution in [0.1, 0.15) is 26.3 Å². The molecule has 0 saturated heterocycles. The molecule has 0 bridgehead atoms. The maximum atomic E-state index is 12.3. The first kappa shape index (κ1) is 20.2. The molecule has 0 aliphatic carbocycles. The lowest BCUT2D eigenvalue weighted by atomic mass is 10.1. The first-order valence-corrected chi connectivity index (χ1v) is 10.6. The van der Waals surface area contributed by atoms with Crippen molar-refractivity contribution < 1.29 is 19.1 Å². The minimum Gasteiger partial charge on any atom is -0.465 e. The van der Waals surface area contributed by atoms with Crippen LogP contribution >= 0.6 is 35.3 Å². The number of carbonyl (C=O) groups excluding carboxylic acids is 2. The van der Waals surface area contributed by atoms with Gasteiger partial charge in [0.15, 0.2) is 8.29 Å². The van der Waals surface area contributed by atoms with Crippen molar-refractivity contribution in [2.75, 3.05) is 13.4 Å². The zero-order valence-corrected chi connectivity index (χ0v) is 17.5. The predicted octanol–water partition coefficient (Wildman–Crippen LogP) is 4.53. The van der Waals surface area contributed by atoms with E-state index in [9.17, 15) is 9.59 Å². The summed E-state index contributed by atoms with van der Waals surface area (Å²) in [5, 5.41) is 4.42. The standard InChI is InChI=1S/C19H16N2O4S3/c1-24-16(22)13-5-3-12(4-6-13)11-25-17(23)14-7-9-15(10-8-14)21-19(26)28-18(20-21)27-2/h3-10H,11H2,1-2H3. The van der Waals surface area contributed by atoms with Gasteiger partial charge in [0.1, 0.15) is 6.61 Å². The molecule has 28 heavy (non-hydrogen) atoms. The van der Waals surface area contributed by atoms with E-state index in [1.165, 1.54) is 30.2 Å². The molecule has 0 unspecified atom stereocenters. The normalized spacial score (nSPS) is 10.5. The molecule has 0 amide bonds. The summed E-state index contributed by atoms with van der Waals surface area (Å²) in [5.74, 6) is -0.844. The van der Waals surface area contributed by atoms with Crippen LogP contribution in [0.2, 0.25) is 0 Å². The zero-order valence-electron chi connectivity index (χ0n) is 15.1. The summed E-state index contributed by atoms with van der Waals surface area (Å²) in [4.78, 5) is 23.7. The Morgan fingerprint density at radius 2 is 1.68 bits per heavy atom. The van der Waals surface area contributed by atoms with E-state index in [1.807, 2.05) is 6.26 Å². The first-order valence-electron chi connectivity index (χ1n) is 8.11. The molecular formula is C19H16N2O4S3. The van der Waals surface area contributed by atoms with Crippen LogP contribution in [0.25, 0.3) is 5.69 Å². The molecule has 3 rings (SSSR count). The van der Waals surface area contributed by atoms with E-state index in [-0.39, 0.29) is 6.61 Å². The van der Waals surface area contributed by atoms with Gasteiger partial charge in [0.2, 0.25) is 0 Å². The minimum atomic E-state index is -0.435. The van der Waals surface area contributed by atoms with Crippen LogP contribution < -0.4 is 0 Å². The first-order chi connectivity index (χ1) is 13.5. The van der Waals surface area contributed by atoms with Crippen molar-refractivity contribution in [3.63, 3.8) is 0 Å². The Hall–Kier alpha value is -2.49. The smallest absolute Gasteiger partial charge is 0.338 e. The Kier molecular flexibility index (Phi) is 6.61. The number of aromatic nitrogens is 2. The fourth-order valence-electron chi connectivity index (χ4n) is 2.33. The lowest BCUT2D eigenvalue weighted by Crippen LogP contribution is -2.06. The van der Waals surface area contributed by atoms with Crippen LogP contribution in [-0.4, -0.2) is 35.1 Å². The van der Waals surface area contributed by atoms with Crippen LogP contribution in [0.5, 0.6) is 0 Å². The van der Waals surface area contributed by atoms with Crippen LogP contribution in [0.3, 0.4) is 0 Å². The maximum absolute atomic E-state index is 12.3. The highest BCUT2D eigenvalue weighted by Gasteiger charge is 2.10. The van der Waals surface area contributed by atoms with Crippen molar-refractivity contribution in [2.24, 2.45) is 0 Å². The number of hydrogen-bond acceptors (Lipinski definition) is 8. The number of hydrogen-bond donors (Lipinski definition) is 0. The molecule has 0 radical (unpaired) electrons. The molecule has 0 saturated carbocycles. The van der Waals surface area contributed by atoms with Gasteiger partial charge >= 0.3 is 11.9 Å². The molecule has 0 aliphatic heterocycles. The third kappa shape index (κ3) is 4.67. The van der Waals surface area contributed by atoms with Gasteiger partial charge in [0, 0.05) is 0 Å². The molecule has 0 N–H and O–H groups in total. The molecule has 9 heteroatoms. The number of rotatable bonds is 6. The molecule has 0 aliphatic rings. The van der Waals surface area contributed by atoms with Crippen molar-refractivity contribution in [3.8, 4) is 5.69 Å². The van der Waals surface area contributed by atoms with Crippen molar-refractivity contribution in [1.29, 1.82) is 0 Å². The molecular weight excluding hydrogens is 416 g/mol. The molecule has 3 aromatic rings. The molecule has 1 aromatic heterocycles. The molecule has 6 nitrogen and oxygen atoms in total. The van der Waals surface area contributed by atoms with Gasteiger partial charge in [-0.25, -0.2) is 14.3 Å². The molecule has 0 spiro atoms. The van der Waals surface area contributed by atoms with Crippen LogP contribution in [0.4, 0.5) is 0 Å². The second kappa shape index (κ2) is 9.13. The summed E-state index contributed by atoms with van der Waals surface area (Å²) < 4.78 is 13.2. The number of benzene rings is 2. The number of ether oxygens (including phenoxy) is 2. The van der Waals surface area contributed by atoms with Gasteiger partial charge in [-0.3, -0.25) is 0 Å². The van der Waals surface area contributed by atoms with Crippen molar-refractivity contribution in [2.45, 2.75) is 10.9 Å². The summed E-state index contributed by atoms with van der Waals surface area (Å²) in [5.41, 5.74) is 2.44. The Morgan fingerprint density at radius 1 is 1.07 bits per heavy atom. The van der Waals surface area contributed by atoms with Crippen molar-refractivity contribution in [1.82, 2.24) is 9.78 Å². The lowest BCUT2D eigenvalue weighted by Gasteiger charge is -2.07. The maximum Gasteiger partial charge on any atom is 0.338 e. The quantitative estimate of drug-likeness (QED) is 0.322. The summed E-state index contributed by atoms with van der Waals surface area (Å²) in [6, 6.07) is 13.6. The monoisotopic (exact) mass is 432 g/mol. The van der Waals surface area contributed by atoms with E-state index in [0.717, 1.165) is 15.6 Å². The van der Waals surface area contributed by atoms with Gasteiger partial charge < -0.3 is 9.47 Å². The Bertz CT molecular complexity index is 1040. The van der Waals surface area contributed by atoms with Crippen LogP contribution in [0.15, 0.2) is 52.9 Å². The fourth-order valence-corrected chi connectivity index (χ4v) is 4.11. The lowest BCUT2D eigenvalue weighted by molar-refractivity contribution is 0.0471. The van der Waals surface area contributed by atoms with Crippen LogP contribution in [-0.2, 0) is 16.1 Å². The number of thioether (sulfide) groups is 1. The van der Waals surface area contributed by atoms with Crippen molar-refractivity contribution >= 4 is 47.3 Å². The topological polar surface area (TPSA) is 70.4 Å². The van der Waals surface area contributed by atoms with Gasteiger partial charge in [0.05, 0.1) is 23.9 Å². The zero-order chi connectivity index (χ0) is 20.1. The number of carbonyl (C=O) groups is 2. The minimum absolute atomic E-state index is 0.107. The van der Waals surface area contributed by atoms with E-state index in [4.69, 9.17) is 17.0 Å². The van der Waals surface area contributed by atoms with E-state index in [0.29, 0.717) is 15.1 Å². The molecule has 0 fully saturated rings. The number of methoxy groups -OCH3 is 1. The van der Waals surface area contributed by atoms with E-state index in [2.05, 4.69) is 9.84 Å². The van der Waals surface area contributed by atoms with Crippen molar-refractivity contribution in [3.05, 3.63) is 69.2 Å². The van der Waals surface area contributed by atoms with E-state index < -0.39 is 11.9 Å². The SMILES string of the molecule is COC(=O)c1ccc(COC(=O)c2ccc(-n3nc(SC)sc3=S)cc2)cc1. The van der Waals surface area contributed by atoms with Gasteiger partial charge in [-0.1, -0.05) is 35.2 Å². The van der Waals surface area contributed by atoms with Gasteiger partial charge in [-0.2, -0.15) is 0 Å². The summed E-state index contributed by atoms with van der Waals surface area (Å²) >= 11 is 8.29. The fraction of sp³-hybridized carbons (Fsp3) is 0.158. The average molecular weight is 433 g/mol. The molecule has 144 valence electrons. The van der Waals surface area contributed by atoms with E-state index in [1.54, 1.807) is 53.2 Å². The number of nitrogens with zero attached hydrogens (tertiary/aromatic N) is 2. The highest BCUT2D eigenvalue weighted by molar-refractivity contribution is 8.00. The Balaban J connectivity index is 1.64. The second-order valence-corrected chi connectivity index (χ2v) is 8.24. The summed E-state index contributed by atoms with van der Waals surface area (Å²) in [6.07, 6.45) is 1.94. The van der Waals surface area contributed by atoms with Crippen LogP contribution in [0, 0.1) is 3.95 Å². The number of esters is 2. The predicted molar refractivity (Wildman–Crippen MR) is 111 cm³/mol. The summed E-state index contributed by atoms with van der Waals surface area (Å²) in [7, 11) is 1.33. The highest BCUT2D eigenvalue weighted by Crippen LogP contribution is 2.22. The van der Waals surface area contributed by atoms with Gasteiger partial charge in [-0.05, 0) is 60.4 Å². The molecule has 0 atom stereocenters. The third-order valence-electron chi connectivity index (χ3n) is 3.80. The summed E-state index contributed by atoms with van der Waals surface area (Å²) in [6.45, 7) is 0.107. The van der Waals surface area contributed by atoms with Gasteiger partial charge in [0.25, 0.3) is 0 Å². The van der Waals surface area contributed by atoms with Gasteiger partial charge in [-0.15, -0.1) is 5.10 Å². The Labute approximate surface area is 175 Å². The second-order valence-electron chi connectivity index (χ2n) is 5.56. The Morgan fingerprint density at radius 3 is 2.25 bits per heavy atom. The largest absolute Gasteiger partial charge is 0.465 e. The molecule has 1 heterocycles. The highest BCUT2D eigenvalue weighted by atomic mass is 32.2. The van der Waals surface area contributed by atoms with E-state index >= 15 is 0 Å².